The quantitative estimate of drug-likeness (QED) is 0.820. The SMILES string of the molecule is CCOc1ncccc1CNC(=O)[C@@H]1[C@H](C=C(C)C)C1(C)C. The van der Waals surface area contributed by atoms with E-state index < -0.39 is 0 Å². The van der Waals surface area contributed by atoms with E-state index in [-0.39, 0.29) is 17.2 Å². The minimum absolute atomic E-state index is 0.0407. The van der Waals surface area contributed by atoms with E-state index in [1.54, 1.807) is 6.20 Å². The normalized spacial score (nSPS) is 21.9. The highest BCUT2D eigenvalue weighted by molar-refractivity contribution is 5.83. The van der Waals surface area contributed by atoms with Gasteiger partial charge in [0.1, 0.15) is 0 Å². The second kappa shape index (κ2) is 6.51. The van der Waals surface area contributed by atoms with Gasteiger partial charge in [-0.2, -0.15) is 0 Å². The van der Waals surface area contributed by atoms with Gasteiger partial charge in [0, 0.05) is 18.3 Å². The van der Waals surface area contributed by atoms with Crippen molar-refractivity contribution in [3.05, 3.63) is 35.5 Å². The Morgan fingerprint density at radius 3 is 2.82 bits per heavy atom. The minimum Gasteiger partial charge on any atom is -0.478 e. The highest BCUT2D eigenvalue weighted by Crippen LogP contribution is 2.59. The number of hydrogen-bond acceptors (Lipinski definition) is 3. The van der Waals surface area contributed by atoms with Gasteiger partial charge in [0.2, 0.25) is 11.8 Å². The van der Waals surface area contributed by atoms with Crippen molar-refractivity contribution in [2.75, 3.05) is 6.61 Å². The summed E-state index contributed by atoms with van der Waals surface area (Å²) in [5, 5.41) is 3.03. The maximum atomic E-state index is 12.5. The summed E-state index contributed by atoms with van der Waals surface area (Å²) in [4.78, 5) is 16.7. The van der Waals surface area contributed by atoms with Gasteiger partial charge in [0.15, 0.2) is 0 Å². The first-order valence-corrected chi connectivity index (χ1v) is 7.87. The molecule has 4 heteroatoms. The minimum atomic E-state index is 0.0407. The van der Waals surface area contributed by atoms with E-state index in [9.17, 15) is 4.79 Å². The summed E-state index contributed by atoms with van der Waals surface area (Å²) in [5.41, 5.74) is 2.22. The Kier molecular flexibility index (Phi) is 4.89. The third-order valence-electron chi connectivity index (χ3n) is 4.29. The van der Waals surface area contributed by atoms with Crippen molar-refractivity contribution in [1.82, 2.24) is 10.3 Å². The largest absolute Gasteiger partial charge is 0.478 e. The number of ether oxygens (including phenoxy) is 1. The summed E-state index contributed by atoms with van der Waals surface area (Å²) >= 11 is 0. The lowest BCUT2D eigenvalue weighted by Gasteiger charge is -2.10. The van der Waals surface area contributed by atoms with Crippen LogP contribution < -0.4 is 10.1 Å². The third-order valence-corrected chi connectivity index (χ3v) is 4.29. The molecular formula is C18H26N2O2. The zero-order valence-electron chi connectivity index (χ0n) is 14.1. The highest BCUT2D eigenvalue weighted by Gasteiger charge is 2.60. The van der Waals surface area contributed by atoms with Crippen LogP contribution in [0, 0.1) is 17.3 Å². The molecule has 0 aromatic carbocycles. The first kappa shape index (κ1) is 16.5. The van der Waals surface area contributed by atoms with Gasteiger partial charge >= 0.3 is 0 Å². The van der Waals surface area contributed by atoms with Gasteiger partial charge < -0.3 is 10.1 Å². The lowest BCUT2D eigenvalue weighted by molar-refractivity contribution is -0.123. The first-order valence-electron chi connectivity index (χ1n) is 7.87. The zero-order valence-corrected chi connectivity index (χ0v) is 14.1. The number of rotatable bonds is 6. The molecule has 2 atom stereocenters. The Morgan fingerprint density at radius 1 is 1.45 bits per heavy atom. The molecule has 1 aliphatic rings. The first-order chi connectivity index (χ1) is 10.4. The van der Waals surface area contributed by atoms with Crippen molar-refractivity contribution in [3.63, 3.8) is 0 Å². The summed E-state index contributed by atoms with van der Waals surface area (Å²) in [7, 11) is 0. The molecule has 1 aromatic rings. The molecule has 22 heavy (non-hydrogen) atoms. The average Bonchev–Trinajstić information content (AvgIpc) is 2.98. The van der Waals surface area contributed by atoms with E-state index in [1.807, 2.05) is 19.1 Å². The molecule has 1 saturated carbocycles. The van der Waals surface area contributed by atoms with Gasteiger partial charge in [0.05, 0.1) is 12.5 Å². The summed E-state index contributed by atoms with van der Waals surface area (Å²) in [6.07, 6.45) is 3.91. The molecule has 0 aliphatic heterocycles. The molecule has 0 spiro atoms. The molecular weight excluding hydrogens is 276 g/mol. The maximum Gasteiger partial charge on any atom is 0.224 e. The van der Waals surface area contributed by atoms with E-state index in [0.717, 1.165) is 5.56 Å². The highest BCUT2D eigenvalue weighted by atomic mass is 16.5. The van der Waals surface area contributed by atoms with Gasteiger partial charge in [0.25, 0.3) is 0 Å². The van der Waals surface area contributed by atoms with Gasteiger partial charge in [-0.25, -0.2) is 4.98 Å². The number of pyridine rings is 1. The van der Waals surface area contributed by atoms with Crippen molar-refractivity contribution in [1.29, 1.82) is 0 Å². The molecule has 1 N–H and O–H groups in total. The van der Waals surface area contributed by atoms with Crippen LogP contribution in [-0.2, 0) is 11.3 Å². The Bertz CT molecular complexity index is 574. The van der Waals surface area contributed by atoms with Crippen molar-refractivity contribution in [3.8, 4) is 5.88 Å². The molecule has 0 bridgehead atoms. The Balaban J connectivity index is 1.98. The van der Waals surface area contributed by atoms with Crippen LogP contribution in [0.5, 0.6) is 5.88 Å². The molecule has 1 amide bonds. The summed E-state index contributed by atoms with van der Waals surface area (Å²) in [6, 6.07) is 3.79. The van der Waals surface area contributed by atoms with Crippen LogP contribution in [0.2, 0.25) is 0 Å². The van der Waals surface area contributed by atoms with Crippen LogP contribution in [-0.4, -0.2) is 17.5 Å². The van der Waals surface area contributed by atoms with Crippen LogP contribution in [0.25, 0.3) is 0 Å². The van der Waals surface area contributed by atoms with Crippen LogP contribution in [0.15, 0.2) is 30.0 Å². The Labute approximate surface area is 133 Å². The fraction of sp³-hybridized carbons (Fsp3) is 0.556. The van der Waals surface area contributed by atoms with Gasteiger partial charge in [-0.3, -0.25) is 4.79 Å². The van der Waals surface area contributed by atoms with E-state index in [1.165, 1.54) is 5.57 Å². The zero-order chi connectivity index (χ0) is 16.3. The van der Waals surface area contributed by atoms with Crippen LogP contribution >= 0.6 is 0 Å². The molecule has 1 aliphatic carbocycles. The molecule has 1 fully saturated rings. The van der Waals surface area contributed by atoms with E-state index in [0.29, 0.717) is 24.9 Å². The predicted octanol–water partition coefficient (Wildman–Crippen LogP) is 3.33. The Morgan fingerprint density at radius 2 is 2.18 bits per heavy atom. The lowest BCUT2D eigenvalue weighted by Crippen LogP contribution is -2.26. The van der Waals surface area contributed by atoms with Crippen LogP contribution in [0.3, 0.4) is 0 Å². The monoisotopic (exact) mass is 302 g/mol. The molecule has 1 heterocycles. The molecule has 1 aromatic heterocycles. The van der Waals surface area contributed by atoms with Crippen molar-refractivity contribution >= 4 is 5.91 Å². The van der Waals surface area contributed by atoms with E-state index >= 15 is 0 Å². The standard InChI is InChI=1S/C18H26N2O2/c1-6-22-17-13(8-7-9-19-17)11-20-16(21)15-14(10-12(2)3)18(15,4)5/h7-10,14-15H,6,11H2,1-5H3,(H,20,21)/t14-,15-/m0/s1. The van der Waals surface area contributed by atoms with E-state index in [2.05, 4.69) is 44.1 Å². The Hall–Kier alpha value is -1.84. The predicted molar refractivity (Wildman–Crippen MR) is 87.4 cm³/mol. The van der Waals surface area contributed by atoms with E-state index in [4.69, 9.17) is 4.74 Å². The number of allylic oxidation sites excluding steroid dienone is 2. The molecule has 4 nitrogen and oxygen atoms in total. The summed E-state index contributed by atoms with van der Waals surface area (Å²) < 4.78 is 5.49. The van der Waals surface area contributed by atoms with Gasteiger partial charge in [-0.1, -0.05) is 31.6 Å². The maximum absolute atomic E-state index is 12.5. The van der Waals surface area contributed by atoms with Crippen molar-refractivity contribution < 1.29 is 9.53 Å². The lowest BCUT2D eigenvalue weighted by atomic mass is 10.1. The van der Waals surface area contributed by atoms with Crippen LogP contribution in [0.4, 0.5) is 0 Å². The number of amides is 1. The molecule has 0 saturated heterocycles. The van der Waals surface area contributed by atoms with Gasteiger partial charge in [-0.15, -0.1) is 0 Å². The number of carbonyl (C=O) groups is 1. The smallest absolute Gasteiger partial charge is 0.224 e. The summed E-state index contributed by atoms with van der Waals surface area (Å²) in [6.45, 7) is 11.4. The number of carbonyl (C=O) groups excluding carboxylic acids is 1. The van der Waals surface area contributed by atoms with Gasteiger partial charge in [-0.05, 0) is 38.2 Å². The number of nitrogens with zero attached hydrogens (tertiary/aromatic N) is 1. The third kappa shape index (κ3) is 3.49. The number of hydrogen-bond donors (Lipinski definition) is 1. The average molecular weight is 302 g/mol. The molecule has 0 unspecified atom stereocenters. The second-order valence-corrected chi connectivity index (χ2v) is 6.69. The number of nitrogens with one attached hydrogen (secondary N) is 1. The molecule has 120 valence electrons. The van der Waals surface area contributed by atoms with Crippen molar-refractivity contribution in [2.45, 2.75) is 41.2 Å². The topological polar surface area (TPSA) is 51.2 Å². The number of aromatic nitrogens is 1. The molecule has 0 radical (unpaired) electrons. The fourth-order valence-corrected chi connectivity index (χ4v) is 2.97. The van der Waals surface area contributed by atoms with Crippen LogP contribution in [0.1, 0.15) is 40.2 Å². The summed E-state index contributed by atoms with van der Waals surface area (Å²) in [5.74, 6) is 1.09. The fourth-order valence-electron chi connectivity index (χ4n) is 2.97. The van der Waals surface area contributed by atoms with Crippen molar-refractivity contribution in [2.24, 2.45) is 17.3 Å². The molecule has 2 rings (SSSR count). The second-order valence-electron chi connectivity index (χ2n) is 6.69.